The van der Waals surface area contributed by atoms with Gasteiger partial charge in [0.05, 0.1) is 5.56 Å². The minimum Gasteiger partial charge on any atom is -0.356 e. The first-order chi connectivity index (χ1) is 11.3. The van der Waals surface area contributed by atoms with Crippen molar-refractivity contribution >= 4 is 17.5 Å². The number of carbonyl (C=O) groups excluding carboxylic acids is 2. The van der Waals surface area contributed by atoms with Crippen LogP contribution in [0.15, 0.2) is 24.3 Å². The van der Waals surface area contributed by atoms with Crippen LogP contribution in [0.3, 0.4) is 0 Å². The first-order valence-corrected chi connectivity index (χ1v) is 7.97. The molecular formula is C17H23F3N2O2. The molecule has 24 heavy (non-hydrogen) atoms. The van der Waals surface area contributed by atoms with Crippen LogP contribution < -0.4 is 10.2 Å². The molecule has 1 aromatic carbocycles. The van der Waals surface area contributed by atoms with E-state index in [1.165, 1.54) is 24.0 Å². The third-order valence-corrected chi connectivity index (χ3v) is 3.53. The summed E-state index contributed by atoms with van der Waals surface area (Å²) in [6.45, 7) is 3.92. The summed E-state index contributed by atoms with van der Waals surface area (Å²) in [5, 5.41) is 2.74. The molecule has 0 bridgehead atoms. The number of hydrogen-bond donors (Lipinski definition) is 1. The highest BCUT2D eigenvalue weighted by molar-refractivity contribution is 5.92. The number of anilines is 1. The molecule has 1 rings (SSSR count). The third kappa shape index (κ3) is 6.60. The second kappa shape index (κ2) is 9.30. The monoisotopic (exact) mass is 344 g/mol. The first-order valence-electron chi connectivity index (χ1n) is 7.97. The number of nitrogens with one attached hydrogen (secondary N) is 1. The van der Waals surface area contributed by atoms with Crippen molar-refractivity contribution in [3.05, 3.63) is 29.8 Å². The van der Waals surface area contributed by atoms with Crippen molar-refractivity contribution < 1.29 is 22.8 Å². The van der Waals surface area contributed by atoms with Gasteiger partial charge in [0.2, 0.25) is 11.8 Å². The summed E-state index contributed by atoms with van der Waals surface area (Å²) in [5.41, 5.74) is -0.689. The van der Waals surface area contributed by atoms with Gasteiger partial charge in [-0.3, -0.25) is 9.59 Å². The minimum atomic E-state index is -4.48. The van der Waals surface area contributed by atoms with Crippen LogP contribution in [0.5, 0.6) is 0 Å². The van der Waals surface area contributed by atoms with E-state index in [1.54, 1.807) is 0 Å². The summed E-state index contributed by atoms with van der Waals surface area (Å²) < 4.78 is 38.3. The van der Waals surface area contributed by atoms with Crippen molar-refractivity contribution in [1.29, 1.82) is 0 Å². The number of carbonyl (C=O) groups is 2. The van der Waals surface area contributed by atoms with Crippen LogP contribution in [-0.4, -0.2) is 24.9 Å². The zero-order chi connectivity index (χ0) is 18.2. The zero-order valence-corrected chi connectivity index (χ0v) is 13.9. The van der Waals surface area contributed by atoms with E-state index in [0.717, 1.165) is 31.4 Å². The van der Waals surface area contributed by atoms with Crippen LogP contribution in [0.1, 0.15) is 45.1 Å². The smallest absolute Gasteiger partial charge is 0.356 e. The van der Waals surface area contributed by atoms with Crippen LogP contribution in [0, 0.1) is 0 Å². The number of unbranched alkanes of at least 4 members (excludes halogenated alkanes) is 2. The summed E-state index contributed by atoms with van der Waals surface area (Å²) >= 11 is 0. The Balaban J connectivity index is 2.68. The molecule has 0 aromatic heterocycles. The normalized spacial score (nSPS) is 11.2. The topological polar surface area (TPSA) is 49.4 Å². The van der Waals surface area contributed by atoms with Crippen LogP contribution in [0.2, 0.25) is 0 Å². The van der Waals surface area contributed by atoms with E-state index >= 15 is 0 Å². The molecule has 0 spiro atoms. The summed E-state index contributed by atoms with van der Waals surface area (Å²) in [4.78, 5) is 24.7. The molecule has 0 heterocycles. The molecule has 4 nitrogen and oxygen atoms in total. The molecule has 1 aromatic rings. The van der Waals surface area contributed by atoms with Gasteiger partial charge in [-0.1, -0.05) is 25.8 Å². The lowest BCUT2D eigenvalue weighted by Gasteiger charge is -2.22. The maximum absolute atomic E-state index is 12.8. The number of nitrogens with zero attached hydrogens (tertiary/aromatic N) is 1. The number of halogens is 3. The standard InChI is InChI=1S/C17H23F3N2O2/c1-3-4-5-10-21-16(24)9-11-22(13(2)23)15-8-6-7-14(12-15)17(18,19)20/h6-8,12H,3-5,9-11H2,1-2H3,(H,21,24). The van der Waals surface area contributed by atoms with E-state index in [-0.39, 0.29) is 24.6 Å². The highest BCUT2D eigenvalue weighted by Gasteiger charge is 2.31. The molecule has 0 saturated heterocycles. The summed E-state index contributed by atoms with van der Waals surface area (Å²) in [6.07, 6.45) is -1.49. The molecule has 0 aliphatic carbocycles. The second-order valence-corrected chi connectivity index (χ2v) is 5.53. The maximum Gasteiger partial charge on any atom is 0.416 e. The Hall–Kier alpha value is -2.05. The highest BCUT2D eigenvalue weighted by Crippen LogP contribution is 2.31. The molecule has 1 N–H and O–H groups in total. The van der Waals surface area contributed by atoms with Crippen molar-refractivity contribution in [2.75, 3.05) is 18.0 Å². The predicted octanol–water partition coefficient (Wildman–Crippen LogP) is 3.75. The number of hydrogen-bond acceptors (Lipinski definition) is 2. The second-order valence-electron chi connectivity index (χ2n) is 5.53. The molecule has 0 fully saturated rings. The fourth-order valence-corrected chi connectivity index (χ4v) is 2.22. The van der Waals surface area contributed by atoms with Gasteiger partial charge < -0.3 is 10.2 Å². The lowest BCUT2D eigenvalue weighted by atomic mass is 10.1. The number of alkyl halides is 3. The van der Waals surface area contributed by atoms with Crippen molar-refractivity contribution in [2.45, 2.75) is 45.7 Å². The highest BCUT2D eigenvalue weighted by atomic mass is 19.4. The lowest BCUT2D eigenvalue weighted by molar-refractivity contribution is -0.137. The van der Waals surface area contributed by atoms with E-state index in [9.17, 15) is 22.8 Å². The van der Waals surface area contributed by atoms with Gasteiger partial charge in [-0.2, -0.15) is 13.2 Å². The third-order valence-electron chi connectivity index (χ3n) is 3.53. The molecule has 0 radical (unpaired) electrons. The van der Waals surface area contributed by atoms with Crippen LogP contribution in [0.4, 0.5) is 18.9 Å². The number of amides is 2. The van der Waals surface area contributed by atoms with Crippen molar-refractivity contribution in [2.24, 2.45) is 0 Å². The average molecular weight is 344 g/mol. The summed E-state index contributed by atoms with van der Waals surface area (Å²) in [5.74, 6) is -0.627. The summed E-state index contributed by atoms with van der Waals surface area (Å²) in [7, 11) is 0. The Labute approximate surface area is 140 Å². The fraction of sp³-hybridized carbons (Fsp3) is 0.529. The Morgan fingerprint density at radius 1 is 1.21 bits per heavy atom. The van der Waals surface area contributed by atoms with Gasteiger partial charge in [0.15, 0.2) is 0 Å². The van der Waals surface area contributed by atoms with E-state index in [4.69, 9.17) is 0 Å². The molecule has 0 aliphatic heterocycles. The zero-order valence-electron chi connectivity index (χ0n) is 13.9. The van der Waals surface area contributed by atoms with Crippen LogP contribution in [-0.2, 0) is 15.8 Å². The lowest BCUT2D eigenvalue weighted by Crippen LogP contribution is -2.34. The van der Waals surface area contributed by atoms with Gasteiger partial charge in [0.25, 0.3) is 0 Å². The van der Waals surface area contributed by atoms with E-state index in [1.807, 2.05) is 0 Å². The summed E-state index contributed by atoms with van der Waals surface area (Å²) in [6, 6.07) is 4.54. The van der Waals surface area contributed by atoms with Crippen molar-refractivity contribution in [1.82, 2.24) is 5.32 Å². The molecule has 2 amide bonds. The van der Waals surface area contributed by atoms with Crippen LogP contribution in [0.25, 0.3) is 0 Å². The Morgan fingerprint density at radius 3 is 2.50 bits per heavy atom. The molecule has 0 unspecified atom stereocenters. The quantitative estimate of drug-likeness (QED) is 0.730. The molecule has 0 aliphatic rings. The predicted molar refractivity (Wildman–Crippen MR) is 86.6 cm³/mol. The van der Waals surface area contributed by atoms with Gasteiger partial charge in [-0.25, -0.2) is 0 Å². The van der Waals surface area contributed by atoms with Gasteiger partial charge in [-0.15, -0.1) is 0 Å². The number of rotatable bonds is 8. The van der Waals surface area contributed by atoms with Crippen molar-refractivity contribution in [3.8, 4) is 0 Å². The molecule has 0 atom stereocenters. The Morgan fingerprint density at radius 2 is 1.92 bits per heavy atom. The van der Waals surface area contributed by atoms with Gasteiger partial charge in [0.1, 0.15) is 0 Å². The van der Waals surface area contributed by atoms with E-state index < -0.39 is 17.6 Å². The van der Waals surface area contributed by atoms with Gasteiger partial charge in [-0.05, 0) is 24.6 Å². The van der Waals surface area contributed by atoms with Gasteiger partial charge >= 0.3 is 6.18 Å². The molecule has 0 saturated carbocycles. The van der Waals surface area contributed by atoms with E-state index in [0.29, 0.717) is 6.54 Å². The minimum absolute atomic E-state index is 0.0380. The van der Waals surface area contributed by atoms with Gasteiger partial charge in [0, 0.05) is 32.1 Å². The fourth-order valence-electron chi connectivity index (χ4n) is 2.22. The largest absolute Gasteiger partial charge is 0.416 e. The first kappa shape index (κ1) is 20.0. The Kier molecular flexibility index (Phi) is 7.74. The maximum atomic E-state index is 12.8. The Bertz CT molecular complexity index is 559. The molecule has 134 valence electrons. The van der Waals surface area contributed by atoms with Crippen LogP contribution >= 0.6 is 0 Å². The van der Waals surface area contributed by atoms with E-state index in [2.05, 4.69) is 12.2 Å². The molecule has 7 heteroatoms. The number of benzene rings is 1. The SMILES string of the molecule is CCCCCNC(=O)CCN(C(C)=O)c1cccc(C(F)(F)F)c1. The van der Waals surface area contributed by atoms with Crippen molar-refractivity contribution in [3.63, 3.8) is 0 Å². The molecular weight excluding hydrogens is 321 g/mol. The average Bonchev–Trinajstić information content (AvgIpc) is 2.51.